The van der Waals surface area contributed by atoms with E-state index in [1.54, 1.807) is 6.92 Å². The predicted molar refractivity (Wildman–Crippen MR) is 72.8 cm³/mol. The highest BCUT2D eigenvalue weighted by atomic mass is 16.5. The summed E-state index contributed by atoms with van der Waals surface area (Å²) in [4.78, 5) is 27.7. The van der Waals surface area contributed by atoms with Gasteiger partial charge in [-0.25, -0.2) is 4.79 Å². The predicted octanol–water partition coefficient (Wildman–Crippen LogP) is 1.36. The van der Waals surface area contributed by atoms with Crippen LogP contribution in [0.1, 0.15) is 23.7 Å². The van der Waals surface area contributed by atoms with Crippen molar-refractivity contribution in [3.05, 3.63) is 61.9 Å². The van der Waals surface area contributed by atoms with Crippen LogP contribution < -0.4 is 16.0 Å². The van der Waals surface area contributed by atoms with Gasteiger partial charge in [-0.2, -0.15) is 0 Å². The second-order valence-corrected chi connectivity index (χ2v) is 4.27. The number of hydrogen-bond donors (Lipinski definition) is 2. The minimum Gasteiger partial charge on any atom is -0.494 e. The average molecular weight is 260 g/mol. The lowest BCUT2D eigenvalue weighted by atomic mass is 10.0. The van der Waals surface area contributed by atoms with E-state index in [1.165, 1.54) is 0 Å². The summed E-state index contributed by atoms with van der Waals surface area (Å²) in [6.07, 6.45) is 0.457. The first-order valence-corrected chi connectivity index (χ1v) is 6.14. The summed E-state index contributed by atoms with van der Waals surface area (Å²) in [7, 11) is 0. The Hall–Kier alpha value is -2.30. The third-order valence-corrected chi connectivity index (χ3v) is 2.85. The summed E-state index contributed by atoms with van der Waals surface area (Å²) >= 11 is 0. The molecule has 0 atom stereocenters. The number of aromatic nitrogens is 2. The first-order valence-electron chi connectivity index (χ1n) is 6.14. The van der Waals surface area contributed by atoms with Gasteiger partial charge in [0, 0.05) is 17.7 Å². The molecule has 0 saturated heterocycles. The maximum atomic E-state index is 11.8. The van der Waals surface area contributed by atoms with Crippen molar-refractivity contribution < 1.29 is 4.74 Å². The van der Waals surface area contributed by atoms with Crippen LogP contribution in [-0.2, 0) is 6.42 Å². The van der Waals surface area contributed by atoms with Gasteiger partial charge in [-0.1, -0.05) is 12.1 Å². The third-order valence-electron chi connectivity index (χ3n) is 2.85. The van der Waals surface area contributed by atoms with Crippen molar-refractivity contribution in [3.8, 4) is 5.75 Å². The monoisotopic (exact) mass is 260 g/mol. The Labute approximate surface area is 110 Å². The third kappa shape index (κ3) is 3.13. The molecule has 19 heavy (non-hydrogen) atoms. The first-order chi connectivity index (χ1) is 9.10. The Morgan fingerprint density at radius 1 is 1.21 bits per heavy atom. The topological polar surface area (TPSA) is 75.0 Å². The SMILES string of the molecule is CCOc1cccc(Cc2c(C)[nH]c(=O)[nH]c2=O)c1. The molecule has 0 amide bonds. The second-order valence-electron chi connectivity index (χ2n) is 4.27. The second kappa shape index (κ2) is 5.56. The molecule has 2 aromatic rings. The summed E-state index contributed by atoms with van der Waals surface area (Å²) in [5.41, 5.74) is 1.30. The van der Waals surface area contributed by atoms with Crippen LogP contribution in [-0.4, -0.2) is 16.6 Å². The zero-order chi connectivity index (χ0) is 13.8. The van der Waals surface area contributed by atoms with Gasteiger partial charge < -0.3 is 9.72 Å². The molecular formula is C14H16N2O3. The van der Waals surface area contributed by atoms with Gasteiger partial charge in [0.15, 0.2) is 0 Å². The van der Waals surface area contributed by atoms with Crippen molar-refractivity contribution in [2.75, 3.05) is 6.61 Å². The van der Waals surface area contributed by atoms with Crippen molar-refractivity contribution in [3.63, 3.8) is 0 Å². The van der Waals surface area contributed by atoms with Gasteiger partial charge in [0.1, 0.15) is 5.75 Å². The molecule has 0 aliphatic heterocycles. The van der Waals surface area contributed by atoms with Gasteiger partial charge in [0.25, 0.3) is 5.56 Å². The lowest BCUT2D eigenvalue weighted by molar-refractivity contribution is 0.340. The Bertz CT molecular complexity index is 686. The van der Waals surface area contributed by atoms with Crippen LogP contribution in [0.3, 0.4) is 0 Å². The van der Waals surface area contributed by atoms with Crippen LogP contribution in [0.4, 0.5) is 0 Å². The number of rotatable bonds is 4. The van der Waals surface area contributed by atoms with E-state index in [1.807, 2.05) is 31.2 Å². The standard InChI is InChI=1S/C14H16N2O3/c1-3-19-11-6-4-5-10(7-11)8-12-9(2)15-14(18)16-13(12)17/h4-7H,3,8H2,1-2H3,(H2,15,16,17,18). The van der Waals surface area contributed by atoms with Gasteiger partial charge in [-0.3, -0.25) is 9.78 Å². The molecule has 2 rings (SSSR count). The van der Waals surface area contributed by atoms with Crippen molar-refractivity contribution in [1.82, 2.24) is 9.97 Å². The Balaban J connectivity index is 2.34. The number of aromatic amines is 2. The summed E-state index contributed by atoms with van der Waals surface area (Å²) < 4.78 is 5.42. The van der Waals surface area contributed by atoms with E-state index in [9.17, 15) is 9.59 Å². The Kier molecular flexibility index (Phi) is 3.85. The number of H-pyrrole nitrogens is 2. The van der Waals surface area contributed by atoms with Crippen LogP contribution in [0.15, 0.2) is 33.9 Å². The molecule has 0 unspecified atom stereocenters. The summed E-state index contributed by atoms with van der Waals surface area (Å²) in [6.45, 7) is 4.24. The highest BCUT2D eigenvalue weighted by molar-refractivity contribution is 5.33. The quantitative estimate of drug-likeness (QED) is 0.871. The molecule has 0 aliphatic rings. The zero-order valence-electron chi connectivity index (χ0n) is 10.9. The number of aryl methyl sites for hydroxylation is 1. The van der Waals surface area contributed by atoms with Crippen molar-refractivity contribution >= 4 is 0 Å². The number of ether oxygens (including phenoxy) is 1. The van der Waals surface area contributed by atoms with Gasteiger partial charge in [0.05, 0.1) is 6.61 Å². The fraction of sp³-hybridized carbons (Fsp3) is 0.286. The molecule has 5 heteroatoms. The van der Waals surface area contributed by atoms with E-state index in [0.717, 1.165) is 11.3 Å². The first kappa shape index (κ1) is 13.1. The Morgan fingerprint density at radius 3 is 2.68 bits per heavy atom. The molecule has 1 heterocycles. The van der Waals surface area contributed by atoms with Crippen LogP contribution in [0, 0.1) is 6.92 Å². The molecule has 100 valence electrons. The summed E-state index contributed by atoms with van der Waals surface area (Å²) in [5.74, 6) is 0.776. The van der Waals surface area contributed by atoms with E-state index in [4.69, 9.17) is 4.74 Å². The highest BCUT2D eigenvalue weighted by Crippen LogP contribution is 2.15. The van der Waals surface area contributed by atoms with E-state index in [0.29, 0.717) is 24.3 Å². The van der Waals surface area contributed by atoms with Crippen molar-refractivity contribution in [2.45, 2.75) is 20.3 Å². The van der Waals surface area contributed by atoms with E-state index in [-0.39, 0.29) is 5.56 Å². The van der Waals surface area contributed by atoms with Crippen LogP contribution >= 0.6 is 0 Å². The lowest BCUT2D eigenvalue weighted by Gasteiger charge is -2.07. The Morgan fingerprint density at radius 2 is 2.00 bits per heavy atom. The van der Waals surface area contributed by atoms with Gasteiger partial charge in [0.2, 0.25) is 0 Å². The minimum atomic E-state index is -0.477. The van der Waals surface area contributed by atoms with E-state index in [2.05, 4.69) is 9.97 Å². The van der Waals surface area contributed by atoms with Crippen molar-refractivity contribution in [1.29, 1.82) is 0 Å². The molecule has 0 radical (unpaired) electrons. The van der Waals surface area contributed by atoms with Crippen LogP contribution in [0.25, 0.3) is 0 Å². The van der Waals surface area contributed by atoms with E-state index < -0.39 is 5.69 Å². The van der Waals surface area contributed by atoms with Gasteiger partial charge in [-0.15, -0.1) is 0 Å². The van der Waals surface area contributed by atoms with E-state index >= 15 is 0 Å². The fourth-order valence-corrected chi connectivity index (χ4v) is 1.95. The molecule has 1 aromatic carbocycles. The van der Waals surface area contributed by atoms with Gasteiger partial charge >= 0.3 is 5.69 Å². The summed E-state index contributed by atoms with van der Waals surface area (Å²) in [6, 6.07) is 7.58. The lowest BCUT2D eigenvalue weighted by Crippen LogP contribution is -2.27. The smallest absolute Gasteiger partial charge is 0.325 e. The average Bonchev–Trinajstić information content (AvgIpc) is 2.35. The molecule has 0 spiro atoms. The largest absolute Gasteiger partial charge is 0.494 e. The molecule has 0 fully saturated rings. The minimum absolute atomic E-state index is 0.344. The fourth-order valence-electron chi connectivity index (χ4n) is 1.95. The number of hydrogen-bond acceptors (Lipinski definition) is 3. The zero-order valence-corrected chi connectivity index (χ0v) is 10.9. The molecular weight excluding hydrogens is 244 g/mol. The maximum absolute atomic E-state index is 11.8. The normalized spacial score (nSPS) is 10.4. The van der Waals surface area contributed by atoms with Crippen LogP contribution in [0.5, 0.6) is 5.75 Å². The molecule has 0 saturated carbocycles. The highest BCUT2D eigenvalue weighted by Gasteiger charge is 2.07. The number of nitrogens with one attached hydrogen (secondary N) is 2. The molecule has 5 nitrogen and oxygen atoms in total. The van der Waals surface area contributed by atoms with Crippen LogP contribution in [0.2, 0.25) is 0 Å². The molecule has 0 bridgehead atoms. The summed E-state index contributed by atoms with van der Waals surface area (Å²) in [5, 5.41) is 0. The molecule has 2 N–H and O–H groups in total. The van der Waals surface area contributed by atoms with Gasteiger partial charge in [-0.05, 0) is 31.5 Å². The number of benzene rings is 1. The molecule has 0 aliphatic carbocycles. The van der Waals surface area contributed by atoms with Crippen molar-refractivity contribution in [2.24, 2.45) is 0 Å². The maximum Gasteiger partial charge on any atom is 0.325 e. The molecule has 1 aromatic heterocycles.